The second-order valence-electron chi connectivity index (χ2n) is 5.64. The van der Waals surface area contributed by atoms with Crippen molar-refractivity contribution < 1.29 is 4.74 Å². The van der Waals surface area contributed by atoms with E-state index in [9.17, 15) is 0 Å². The molecule has 2 atom stereocenters. The molecule has 2 heterocycles. The molecular formula is C14H22N6O. The molecule has 1 saturated heterocycles. The summed E-state index contributed by atoms with van der Waals surface area (Å²) in [5.41, 5.74) is 12.8. The number of nitrogens with zero attached hydrogens (tertiary/aromatic N) is 4. The highest BCUT2D eigenvalue weighted by Crippen LogP contribution is 2.30. The number of morpholine rings is 1. The average Bonchev–Trinajstić information content (AvgIpc) is 3.03. The normalized spacial score (nSPS) is 30.3. The Kier molecular flexibility index (Phi) is 4.05. The summed E-state index contributed by atoms with van der Waals surface area (Å²) >= 11 is 0. The van der Waals surface area contributed by atoms with Crippen LogP contribution in [-0.2, 0) is 4.74 Å². The van der Waals surface area contributed by atoms with Crippen molar-refractivity contribution in [3.05, 3.63) is 36.6 Å². The van der Waals surface area contributed by atoms with Gasteiger partial charge in [0.2, 0.25) is 0 Å². The SMILES string of the molecule is NC1=CC(n2cncn2)C(N)(CCN2CCOCC2)C=C1. The van der Waals surface area contributed by atoms with Crippen LogP contribution in [0.1, 0.15) is 12.5 Å². The molecule has 114 valence electrons. The molecule has 0 saturated carbocycles. The third kappa shape index (κ3) is 3.15. The van der Waals surface area contributed by atoms with Gasteiger partial charge in [0.15, 0.2) is 0 Å². The fourth-order valence-electron chi connectivity index (χ4n) is 2.83. The molecule has 21 heavy (non-hydrogen) atoms. The van der Waals surface area contributed by atoms with E-state index in [1.807, 2.05) is 18.2 Å². The van der Waals surface area contributed by atoms with Gasteiger partial charge >= 0.3 is 0 Å². The molecule has 0 spiro atoms. The minimum Gasteiger partial charge on any atom is -0.399 e. The van der Waals surface area contributed by atoms with Gasteiger partial charge in [-0.15, -0.1) is 0 Å². The van der Waals surface area contributed by atoms with Crippen LogP contribution in [0.5, 0.6) is 0 Å². The summed E-state index contributed by atoms with van der Waals surface area (Å²) in [7, 11) is 0. The number of aromatic nitrogens is 3. The molecule has 1 aromatic rings. The van der Waals surface area contributed by atoms with Crippen molar-refractivity contribution in [1.29, 1.82) is 0 Å². The fourth-order valence-corrected chi connectivity index (χ4v) is 2.83. The van der Waals surface area contributed by atoms with Crippen LogP contribution in [0.4, 0.5) is 0 Å². The molecule has 0 amide bonds. The number of nitrogens with two attached hydrogens (primary N) is 2. The predicted octanol–water partition coefficient (Wildman–Crippen LogP) is -0.349. The third-order valence-electron chi connectivity index (χ3n) is 4.17. The number of allylic oxidation sites excluding steroid dienone is 1. The fraction of sp³-hybridized carbons (Fsp3) is 0.571. The van der Waals surface area contributed by atoms with Crippen LogP contribution in [0.3, 0.4) is 0 Å². The molecule has 7 nitrogen and oxygen atoms in total. The van der Waals surface area contributed by atoms with Crippen LogP contribution in [0.25, 0.3) is 0 Å². The third-order valence-corrected chi connectivity index (χ3v) is 4.17. The van der Waals surface area contributed by atoms with Crippen LogP contribution in [0.15, 0.2) is 36.6 Å². The highest BCUT2D eigenvalue weighted by Gasteiger charge is 2.35. The van der Waals surface area contributed by atoms with Gasteiger partial charge in [-0.25, -0.2) is 9.67 Å². The minimum absolute atomic E-state index is 0.106. The Morgan fingerprint density at radius 3 is 2.90 bits per heavy atom. The lowest BCUT2D eigenvalue weighted by Gasteiger charge is -2.37. The van der Waals surface area contributed by atoms with E-state index in [0.29, 0.717) is 5.70 Å². The largest absolute Gasteiger partial charge is 0.399 e. The first-order valence-electron chi connectivity index (χ1n) is 7.27. The molecule has 1 aliphatic carbocycles. The van der Waals surface area contributed by atoms with Crippen molar-refractivity contribution >= 4 is 0 Å². The van der Waals surface area contributed by atoms with Crippen molar-refractivity contribution in [2.45, 2.75) is 18.0 Å². The zero-order valence-electron chi connectivity index (χ0n) is 12.1. The Hall–Kier alpha value is -1.70. The van der Waals surface area contributed by atoms with E-state index in [2.05, 4.69) is 15.0 Å². The smallest absolute Gasteiger partial charge is 0.137 e. The Balaban J connectivity index is 1.72. The standard InChI is InChI=1S/C14H22N6O/c15-12-1-2-14(16,3-4-19-5-7-21-8-6-19)13(9-12)20-11-17-10-18-20/h1-2,9-11,13H,3-8,15-16H2. The number of rotatable bonds is 4. The van der Waals surface area contributed by atoms with Gasteiger partial charge < -0.3 is 16.2 Å². The second kappa shape index (κ2) is 5.97. The topological polar surface area (TPSA) is 95.2 Å². The molecular weight excluding hydrogens is 268 g/mol. The van der Waals surface area contributed by atoms with Crippen LogP contribution in [0.2, 0.25) is 0 Å². The van der Waals surface area contributed by atoms with Crippen molar-refractivity contribution in [3.8, 4) is 0 Å². The Morgan fingerprint density at radius 2 is 2.19 bits per heavy atom. The van der Waals surface area contributed by atoms with Crippen molar-refractivity contribution in [2.24, 2.45) is 11.5 Å². The summed E-state index contributed by atoms with van der Waals surface area (Å²) in [5, 5.41) is 4.22. The molecule has 0 radical (unpaired) electrons. The monoisotopic (exact) mass is 290 g/mol. The van der Waals surface area contributed by atoms with Crippen LogP contribution in [0, 0.1) is 0 Å². The predicted molar refractivity (Wildman–Crippen MR) is 79.3 cm³/mol. The highest BCUT2D eigenvalue weighted by atomic mass is 16.5. The molecule has 7 heteroatoms. The number of hydrogen-bond acceptors (Lipinski definition) is 6. The molecule has 3 rings (SSSR count). The van der Waals surface area contributed by atoms with E-state index in [-0.39, 0.29) is 6.04 Å². The van der Waals surface area contributed by atoms with E-state index in [4.69, 9.17) is 16.2 Å². The Bertz CT molecular complexity index is 520. The lowest BCUT2D eigenvalue weighted by Crippen LogP contribution is -2.50. The second-order valence-corrected chi connectivity index (χ2v) is 5.64. The van der Waals surface area contributed by atoms with Gasteiger partial charge in [0.05, 0.1) is 24.8 Å². The number of hydrogen-bond donors (Lipinski definition) is 2. The van der Waals surface area contributed by atoms with Gasteiger partial charge in [0.25, 0.3) is 0 Å². The zero-order chi connectivity index (χ0) is 14.7. The Labute approximate surface area is 124 Å². The van der Waals surface area contributed by atoms with Gasteiger partial charge in [-0.05, 0) is 18.6 Å². The van der Waals surface area contributed by atoms with Gasteiger partial charge in [-0.3, -0.25) is 4.90 Å². The molecule has 0 bridgehead atoms. The van der Waals surface area contributed by atoms with Crippen LogP contribution >= 0.6 is 0 Å². The molecule has 1 aromatic heterocycles. The van der Waals surface area contributed by atoms with Gasteiger partial charge in [-0.1, -0.05) is 6.08 Å². The Morgan fingerprint density at radius 1 is 1.38 bits per heavy atom. The van der Waals surface area contributed by atoms with Crippen LogP contribution in [-0.4, -0.2) is 58.1 Å². The first-order valence-corrected chi connectivity index (χ1v) is 7.27. The summed E-state index contributed by atoms with van der Waals surface area (Å²) in [6.45, 7) is 4.46. The molecule has 4 N–H and O–H groups in total. The van der Waals surface area contributed by atoms with Gasteiger partial charge in [-0.2, -0.15) is 5.10 Å². The lowest BCUT2D eigenvalue weighted by atomic mass is 9.83. The van der Waals surface area contributed by atoms with E-state index in [0.717, 1.165) is 39.3 Å². The zero-order valence-corrected chi connectivity index (χ0v) is 12.1. The van der Waals surface area contributed by atoms with E-state index in [1.165, 1.54) is 6.33 Å². The summed E-state index contributed by atoms with van der Waals surface area (Å²) in [5.74, 6) is 0. The summed E-state index contributed by atoms with van der Waals surface area (Å²) < 4.78 is 7.15. The van der Waals surface area contributed by atoms with E-state index >= 15 is 0 Å². The minimum atomic E-state index is -0.505. The molecule has 0 aromatic carbocycles. The molecule has 1 fully saturated rings. The van der Waals surface area contributed by atoms with Gasteiger partial charge in [0.1, 0.15) is 12.7 Å². The van der Waals surface area contributed by atoms with E-state index in [1.54, 1.807) is 11.0 Å². The number of ether oxygens (including phenoxy) is 1. The van der Waals surface area contributed by atoms with E-state index < -0.39 is 5.54 Å². The summed E-state index contributed by atoms with van der Waals surface area (Å²) in [4.78, 5) is 6.39. The molecule has 2 unspecified atom stereocenters. The van der Waals surface area contributed by atoms with Gasteiger partial charge in [0, 0.05) is 25.3 Å². The maximum Gasteiger partial charge on any atom is 0.137 e. The first kappa shape index (κ1) is 14.2. The van der Waals surface area contributed by atoms with Crippen molar-refractivity contribution in [3.63, 3.8) is 0 Å². The van der Waals surface area contributed by atoms with Crippen LogP contribution < -0.4 is 11.5 Å². The lowest BCUT2D eigenvalue weighted by molar-refractivity contribution is 0.0346. The average molecular weight is 290 g/mol. The maximum absolute atomic E-state index is 6.64. The molecule has 2 aliphatic rings. The molecule has 1 aliphatic heterocycles. The maximum atomic E-state index is 6.64. The summed E-state index contributed by atoms with van der Waals surface area (Å²) in [6.07, 6.45) is 9.86. The highest BCUT2D eigenvalue weighted by molar-refractivity contribution is 5.31. The van der Waals surface area contributed by atoms with Crippen molar-refractivity contribution in [2.75, 3.05) is 32.8 Å². The first-order chi connectivity index (χ1) is 10.2. The summed E-state index contributed by atoms with van der Waals surface area (Å²) in [6, 6.07) is -0.106. The quantitative estimate of drug-likeness (QED) is 0.787. The van der Waals surface area contributed by atoms with Crippen molar-refractivity contribution in [1.82, 2.24) is 19.7 Å².